The molecule has 18 heteroatoms. The normalized spacial score (nSPS) is 17.6. The zero-order chi connectivity index (χ0) is 43.4. The Morgan fingerprint density at radius 2 is 1.46 bits per heavy atom. The Balaban J connectivity index is 1.41. The van der Waals surface area contributed by atoms with Crippen LogP contribution in [0.5, 0.6) is 0 Å². The van der Waals surface area contributed by atoms with E-state index in [4.69, 9.17) is 21.1 Å². The Bertz CT molecular complexity index is 1710. The number of carbonyl (C=O) groups excluding carboxylic acids is 5. The monoisotopic (exact) mass is 832 g/mol. The van der Waals surface area contributed by atoms with E-state index in [0.29, 0.717) is 62.7 Å². The second kappa shape index (κ2) is 24.1. The summed E-state index contributed by atoms with van der Waals surface area (Å²) < 4.78 is 50.2. The van der Waals surface area contributed by atoms with E-state index in [9.17, 15) is 42.3 Å². The summed E-state index contributed by atoms with van der Waals surface area (Å²) in [4.78, 5) is 64.9. The minimum atomic E-state index is -4.84. The number of likely N-dealkylation sites (N-methyl/N-ethyl adjacent to an activating group) is 1. The van der Waals surface area contributed by atoms with Gasteiger partial charge in [-0.3, -0.25) is 34.1 Å². The van der Waals surface area contributed by atoms with E-state index in [1.165, 1.54) is 12.1 Å². The molecule has 2 aromatic carbocycles. The lowest BCUT2D eigenvalue weighted by Crippen LogP contribution is -2.59. The molecule has 1 aliphatic heterocycles. The number of unbranched alkanes of at least 4 members (excludes halogenated alkanes) is 4. The van der Waals surface area contributed by atoms with Crippen LogP contribution in [0.1, 0.15) is 86.9 Å². The van der Waals surface area contributed by atoms with E-state index in [2.05, 4.69) is 27.2 Å². The fourth-order valence-corrected chi connectivity index (χ4v) is 6.27. The number of halogens is 3. The maximum absolute atomic E-state index is 13.5. The summed E-state index contributed by atoms with van der Waals surface area (Å²) in [5, 5.41) is 29.1. The molecule has 0 bridgehead atoms. The molecule has 0 aliphatic carbocycles. The first-order valence-electron chi connectivity index (χ1n) is 19.4. The average molecular weight is 833 g/mol. The third-order valence-electron chi connectivity index (χ3n) is 9.77. The number of hydrogen-bond acceptors (Lipinski definition) is 10. The molecule has 0 aromatic heterocycles. The molecule has 2 aromatic rings. The van der Waals surface area contributed by atoms with E-state index in [1.54, 1.807) is 31.7 Å². The molecular formula is C41H55F3N6O9. The summed E-state index contributed by atoms with van der Waals surface area (Å²) >= 11 is 0. The van der Waals surface area contributed by atoms with Crippen molar-refractivity contribution in [1.29, 1.82) is 0 Å². The van der Waals surface area contributed by atoms with E-state index < -0.39 is 61.0 Å². The molecule has 5 amide bonds. The average Bonchev–Trinajstić information content (AvgIpc) is 3.22. The van der Waals surface area contributed by atoms with Crippen LogP contribution in [0.4, 0.5) is 18.9 Å². The predicted molar refractivity (Wildman–Crippen MR) is 210 cm³/mol. The molecule has 3 rings (SSSR count). The second-order valence-corrected chi connectivity index (χ2v) is 14.5. The van der Waals surface area contributed by atoms with Gasteiger partial charge < -0.3 is 35.8 Å². The smallest absolute Gasteiger partial charge is 0.379 e. The number of benzene rings is 2. The summed E-state index contributed by atoms with van der Waals surface area (Å²) in [7, 11) is 3.60. The van der Waals surface area contributed by atoms with Gasteiger partial charge in [0.2, 0.25) is 29.5 Å². The van der Waals surface area contributed by atoms with Crippen molar-refractivity contribution >= 4 is 35.2 Å². The molecule has 0 spiro atoms. The molecule has 15 nitrogen and oxygen atoms in total. The first-order valence-corrected chi connectivity index (χ1v) is 19.4. The fraction of sp³-hybridized carbons (Fsp3) is 0.537. The van der Waals surface area contributed by atoms with Gasteiger partial charge in [-0.25, -0.2) is 5.48 Å². The highest BCUT2D eigenvalue weighted by molar-refractivity contribution is 6.05. The number of anilines is 1. The van der Waals surface area contributed by atoms with Crippen LogP contribution in [0.25, 0.3) is 0 Å². The van der Waals surface area contributed by atoms with Gasteiger partial charge in [0.05, 0.1) is 25.8 Å². The highest BCUT2D eigenvalue weighted by Gasteiger charge is 2.50. The number of nitrogens with one attached hydrogen (secondary N) is 5. The Kier molecular flexibility index (Phi) is 19.8. The zero-order valence-corrected chi connectivity index (χ0v) is 33.4. The molecule has 59 heavy (non-hydrogen) atoms. The topological polar surface area (TPSA) is 208 Å². The molecule has 0 radical (unpaired) electrons. The van der Waals surface area contributed by atoms with Gasteiger partial charge in [0.25, 0.3) is 0 Å². The lowest BCUT2D eigenvalue weighted by atomic mass is 9.86. The lowest BCUT2D eigenvalue weighted by molar-refractivity contribution is -0.229. The SMILES string of the molecule is C#CCNC(=O)C1(C(=O)NCCCC[C@@H](C(=O)NCCc2ccc(NC(=O)CCCCCCC(=O)NO)cc2)N(C)C)COC(c2ccc(C(O)C(F)(F)F)cc2)OC1. The Hall–Kier alpha value is -5.06. The largest absolute Gasteiger partial charge is 0.418 e. The van der Waals surface area contributed by atoms with E-state index in [1.807, 2.05) is 17.0 Å². The molecule has 1 heterocycles. The summed E-state index contributed by atoms with van der Waals surface area (Å²) in [5.74, 6) is 0.218. The quantitative estimate of drug-likeness (QED) is 0.0286. The number of aliphatic hydroxyl groups excluding tert-OH is 1. The van der Waals surface area contributed by atoms with Crippen LogP contribution in [0, 0.1) is 17.8 Å². The number of hydroxylamine groups is 1. The number of ether oxygens (including phenoxy) is 2. The van der Waals surface area contributed by atoms with Crippen LogP contribution in [0.3, 0.4) is 0 Å². The van der Waals surface area contributed by atoms with Crippen LogP contribution >= 0.6 is 0 Å². The van der Waals surface area contributed by atoms with Crippen LogP contribution in [0.15, 0.2) is 48.5 Å². The highest BCUT2D eigenvalue weighted by atomic mass is 19.4. The molecule has 0 saturated carbocycles. The van der Waals surface area contributed by atoms with Crippen molar-refractivity contribution in [2.45, 2.75) is 88.8 Å². The minimum absolute atomic E-state index is 0.104. The van der Waals surface area contributed by atoms with Gasteiger partial charge in [-0.15, -0.1) is 6.42 Å². The van der Waals surface area contributed by atoms with Gasteiger partial charge >= 0.3 is 6.18 Å². The molecule has 324 valence electrons. The maximum Gasteiger partial charge on any atom is 0.418 e. The maximum atomic E-state index is 13.5. The number of carbonyl (C=O) groups is 5. The van der Waals surface area contributed by atoms with Crippen molar-refractivity contribution in [3.63, 3.8) is 0 Å². The van der Waals surface area contributed by atoms with Crippen LogP contribution in [-0.2, 0) is 39.9 Å². The van der Waals surface area contributed by atoms with Gasteiger partial charge in [0.15, 0.2) is 17.8 Å². The molecule has 1 unspecified atom stereocenters. The van der Waals surface area contributed by atoms with Crippen molar-refractivity contribution in [2.75, 3.05) is 52.3 Å². The molecule has 2 atom stereocenters. The number of nitrogens with zero attached hydrogens (tertiary/aromatic N) is 1. The fourth-order valence-electron chi connectivity index (χ4n) is 6.27. The minimum Gasteiger partial charge on any atom is -0.379 e. The van der Waals surface area contributed by atoms with Crippen LogP contribution in [0.2, 0.25) is 0 Å². The third-order valence-corrected chi connectivity index (χ3v) is 9.77. The first kappa shape index (κ1) is 48.3. The molecule has 7 N–H and O–H groups in total. The lowest BCUT2D eigenvalue weighted by Gasteiger charge is -2.37. The molecule has 1 fully saturated rings. The number of alkyl halides is 3. The number of hydrogen-bond donors (Lipinski definition) is 7. The standard InChI is InChI=1S/C41H55F3N6O9/c1-4-23-46-38(55)40(26-58-37(59-27-40)30-18-16-29(17-19-30)35(53)41(42,43)44)39(56)47-24-10-9-11-32(50(2)3)36(54)45-25-22-28-14-20-31(21-15-28)48-33(51)12-7-5-6-8-13-34(52)49-57/h1,14-21,32,35,37,53,57H,5-13,22-27H2,2-3H3,(H,45,54)(H,46,55)(H,47,56)(H,48,51)(H,49,52)/t32-,35?,37?,40?/m0/s1. The van der Waals surface area contributed by atoms with E-state index >= 15 is 0 Å². The Morgan fingerprint density at radius 3 is 2.03 bits per heavy atom. The molecule has 1 aliphatic rings. The van der Waals surface area contributed by atoms with Crippen LogP contribution < -0.4 is 26.7 Å². The van der Waals surface area contributed by atoms with Crippen molar-refractivity contribution < 1.29 is 56.9 Å². The van der Waals surface area contributed by atoms with Gasteiger partial charge in [-0.2, -0.15) is 13.2 Å². The number of amides is 5. The van der Waals surface area contributed by atoms with Crippen LogP contribution in [-0.4, -0.2) is 104 Å². The summed E-state index contributed by atoms with van der Waals surface area (Å²) in [5.41, 5.74) is 1.39. The first-order chi connectivity index (χ1) is 28.1. The van der Waals surface area contributed by atoms with Crippen molar-refractivity contribution in [3.05, 3.63) is 65.2 Å². The zero-order valence-electron chi connectivity index (χ0n) is 33.4. The third kappa shape index (κ3) is 15.6. The predicted octanol–water partition coefficient (Wildman–Crippen LogP) is 3.42. The van der Waals surface area contributed by atoms with Gasteiger partial charge in [0, 0.05) is 37.2 Å². The highest BCUT2D eigenvalue weighted by Crippen LogP contribution is 2.35. The van der Waals surface area contributed by atoms with Crippen molar-refractivity contribution in [1.82, 2.24) is 26.3 Å². The summed E-state index contributed by atoms with van der Waals surface area (Å²) in [6.07, 6.45) is 2.35. The Labute approximate surface area is 342 Å². The summed E-state index contributed by atoms with van der Waals surface area (Å²) in [6.45, 7) is -0.390. The number of rotatable bonds is 23. The molecular weight excluding hydrogens is 777 g/mol. The number of terminal acetylenes is 1. The van der Waals surface area contributed by atoms with Crippen molar-refractivity contribution in [2.24, 2.45) is 5.41 Å². The van der Waals surface area contributed by atoms with Gasteiger partial charge in [-0.1, -0.05) is 55.2 Å². The van der Waals surface area contributed by atoms with Gasteiger partial charge in [0.1, 0.15) is 0 Å². The van der Waals surface area contributed by atoms with E-state index in [-0.39, 0.29) is 36.9 Å². The summed E-state index contributed by atoms with van der Waals surface area (Å²) in [6, 6.07) is 11.7. The van der Waals surface area contributed by atoms with Crippen molar-refractivity contribution in [3.8, 4) is 12.3 Å². The number of aliphatic hydroxyl groups is 1. The van der Waals surface area contributed by atoms with Gasteiger partial charge in [-0.05, 0) is 75.9 Å². The second-order valence-electron chi connectivity index (χ2n) is 14.5. The van der Waals surface area contributed by atoms with E-state index in [0.717, 1.165) is 30.5 Å². The Morgan fingerprint density at radius 1 is 0.847 bits per heavy atom. The molecule has 1 saturated heterocycles.